The van der Waals surface area contributed by atoms with Crippen LogP contribution in [0, 0.1) is 17.6 Å². The van der Waals surface area contributed by atoms with Gasteiger partial charge in [0.15, 0.2) is 5.54 Å². The Balaban J connectivity index is 2.19. The Kier molecular flexibility index (Phi) is 6.22. The van der Waals surface area contributed by atoms with Crippen LogP contribution in [0.25, 0.3) is 0 Å². The average Bonchev–Trinajstić information content (AvgIpc) is 2.99. The molecule has 2 aromatic carbocycles. The van der Waals surface area contributed by atoms with Gasteiger partial charge in [-0.1, -0.05) is 43.5 Å². The molecule has 0 saturated heterocycles. The fraction of sp³-hybridized carbons (Fsp3) is 0.364. The van der Waals surface area contributed by atoms with E-state index in [1.165, 1.54) is 36.4 Å². The van der Waals surface area contributed by atoms with Gasteiger partial charge in [0.2, 0.25) is 0 Å². The van der Waals surface area contributed by atoms with Gasteiger partial charge in [-0.25, -0.2) is 18.6 Å². The number of methoxy groups -OCH3 is 1. The summed E-state index contributed by atoms with van der Waals surface area (Å²) in [6.07, 6.45) is 2.40. The van der Waals surface area contributed by atoms with Gasteiger partial charge >= 0.3 is 5.97 Å². The lowest BCUT2D eigenvalue weighted by Crippen LogP contribution is -2.54. The van der Waals surface area contributed by atoms with Gasteiger partial charge in [0, 0.05) is 10.9 Å². The van der Waals surface area contributed by atoms with Crippen molar-refractivity contribution in [3.63, 3.8) is 0 Å². The molecule has 0 bridgehead atoms. The van der Waals surface area contributed by atoms with Crippen LogP contribution in [0.15, 0.2) is 47.6 Å². The van der Waals surface area contributed by atoms with Crippen LogP contribution in [-0.2, 0) is 9.53 Å². The molecule has 2 unspecified atom stereocenters. The molecule has 3 rings (SSSR count). The van der Waals surface area contributed by atoms with E-state index >= 15 is 0 Å². The van der Waals surface area contributed by atoms with E-state index in [9.17, 15) is 13.6 Å². The first-order valence-electron chi connectivity index (χ1n) is 9.51. The lowest BCUT2D eigenvalue weighted by molar-refractivity contribution is -0.147. The molecule has 0 radical (unpaired) electrons. The molecular weight excluding hydrogens is 398 g/mol. The number of ether oxygens (including phenoxy) is 1. The molecular formula is C22H23ClF2N2O2. The number of esters is 1. The number of halogens is 3. The van der Waals surface area contributed by atoms with E-state index in [1.807, 2.05) is 0 Å². The minimum atomic E-state index is -1.26. The summed E-state index contributed by atoms with van der Waals surface area (Å²) in [6, 6.07) is 10.1. The summed E-state index contributed by atoms with van der Waals surface area (Å²) in [4.78, 5) is 13.0. The van der Waals surface area contributed by atoms with E-state index < -0.39 is 17.3 Å². The number of benzene rings is 2. The van der Waals surface area contributed by atoms with E-state index in [0.29, 0.717) is 17.7 Å². The van der Waals surface area contributed by atoms with Gasteiger partial charge in [-0.2, -0.15) is 5.10 Å². The minimum Gasteiger partial charge on any atom is -0.467 e. The van der Waals surface area contributed by atoms with E-state index in [4.69, 9.17) is 16.3 Å². The standard InChI is InChI=1S/C22H23ClF2N2O2/c1-4-5-6-17-20(14-7-10-16(24)11-8-14)26-27(22(17,2)21(28)29-3)19-12-9-15(23)13-18(19)25/h7-13,17H,4-6H2,1-3H3. The van der Waals surface area contributed by atoms with Crippen LogP contribution >= 0.6 is 11.6 Å². The van der Waals surface area contributed by atoms with Crippen LogP contribution in [0.2, 0.25) is 5.02 Å². The number of carbonyl (C=O) groups is 1. The summed E-state index contributed by atoms with van der Waals surface area (Å²) in [6.45, 7) is 3.75. The monoisotopic (exact) mass is 420 g/mol. The summed E-state index contributed by atoms with van der Waals surface area (Å²) < 4.78 is 33.3. The van der Waals surface area contributed by atoms with Gasteiger partial charge in [0.1, 0.15) is 11.6 Å². The van der Waals surface area contributed by atoms with Crippen molar-refractivity contribution in [1.29, 1.82) is 0 Å². The average molecular weight is 421 g/mol. The third-order valence-electron chi connectivity index (χ3n) is 5.38. The number of anilines is 1. The van der Waals surface area contributed by atoms with E-state index in [-0.39, 0.29) is 22.4 Å². The smallest absolute Gasteiger partial charge is 0.334 e. The van der Waals surface area contributed by atoms with Crippen molar-refractivity contribution in [2.75, 3.05) is 12.1 Å². The number of unbranched alkanes of at least 4 members (excludes halogenated alkanes) is 1. The first-order valence-corrected chi connectivity index (χ1v) is 9.88. The Morgan fingerprint density at radius 1 is 1.24 bits per heavy atom. The fourth-order valence-electron chi connectivity index (χ4n) is 3.79. The molecule has 0 saturated carbocycles. The summed E-state index contributed by atoms with van der Waals surface area (Å²) in [7, 11) is 1.30. The van der Waals surface area contributed by atoms with Crippen LogP contribution < -0.4 is 5.01 Å². The first kappa shape index (κ1) is 21.2. The zero-order chi connectivity index (χ0) is 21.2. The highest BCUT2D eigenvalue weighted by Gasteiger charge is 2.55. The van der Waals surface area contributed by atoms with E-state index in [2.05, 4.69) is 12.0 Å². The van der Waals surface area contributed by atoms with Crippen LogP contribution in [-0.4, -0.2) is 24.3 Å². The van der Waals surface area contributed by atoms with E-state index in [1.54, 1.807) is 25.1 Å². The molecule has 1 aliphatic rings. The van der Waals surface area contributed by atoms with Crippen molar-refractivity contribution in [3.05, 3.63) is 64.7 Å². The van der Waals surface area contributed by atoms with Gasteiger partial charge in [-0.15, -0.1) is 0 Å². The third-order valence-corrected chi connectivity index (χ3v) is 5.61. The Hall–Kier alpha value is -2.47. The molecule has 0 N–H and O–H groups in total. The molecule has 154 valence electrons. The largest absolute Gasteiger partial charge is 0.467 e. The second-order valence-electron chi connectivity index (χ2n) is 7.23. The molecule has 2 aromatic rings. The van der Waals surface area contributed by atoms with Crippen molar-refractivity contribution in [2.24, 2.45) is 11.0 Å². The Bertz CT molecular complexity index is 933. The summed E-state index contributed by atoms with van der Waals surface area (Å²) in [5.74, 6) is -1.84. The molecule has 29 heavy (non-hydrogen) atoms. The van der Waals surface area contributed by atoms with Gasteiger partial charge < -0.3 is 4.74 Å². The van der Waals surface area contributed by atoms with Gasteiger partial charge in [-0.05, 0) is 49.2 Å². The highest BCUT2D eigenvalue weighted by atomic mass is 35.5. The van der Waals surface area contributed by atoms with Crippen molar-refractivity contribution in [3.8, 4) is 0 Å². The maximum Gasteiger partial charge on any atom is 0.334 e. The summed E-state index contributed by atoms with van der Waals surface area (Å²) in [5, 5.41) is 6.27. The molecule has 0 spiro atoms. The highest BCUT2D eigenvalue weighted by Crippen LogP contribution is 2.43. The van der Waals surface area contributed by atoms with Gasteiger partial charge in [0.25, 0.3) is 0 Å². The van der Waals surface area contributed by atoms with Crippen LogP contribution in [0.1, 0.15) is 38.7 Å². The summed E-state index contributed by atoms with van der Waals surface area (Å²) >= 11 is 5.90. The van der Waals surface area contributed by atoms with Crippen molar-refractivity contribution >= 4 is 29.0 Å². The fourth-order valence-corrected chi connectivity index (χ4v) is 3.95. The van der Waals surface area contributed by atoms with Crippen LogP contribution in [0.3, 0.4) is 0 Å². The first-order chi connectivity index (χ1) is 13.8. The van der Waals surface area contributed by atoms with Crippen LogP contribution in [0.5, 0.6) is 0 Å². The second-order valence-corrected chi connectivity index (χ2v) is 7.67. The van der Waals surface area contributed by atoms with Crippen molar-refractivity contribution < 1.29 is 18.3 Å². The van der Waals surface area contributed by atoms with Crippen LogP contribution in [0.4, 0.5) is 14.5 Å². The molecule has 2 atom stereocenters. The number of hydrogen-bond donors (Lipinski definition) is 0. The Morgan fingerprint density at radius 2 is 1.93 bits per heavy atom. The summed E-state index contributed by atoms with van der Waals surface area (Å²) in [5.41, 5.74) is 0.142. The lowest BCUT2D eigenvalue weighted by Gasteiger charge is -2.36. The number of carbonyl (C=O) groups excluding carboxylic acids is 1. The van der Waals surface area contributed by atoms with Crippen molar-refractivity contribution in [2.45, 2.75) is 38.6 Å². The van der Waals surface area contributed by atoms with Gasteiger partial charge in [0.05, 0.1) is 18.5 Å². The molecule has 4 nitrogen and oxygen atoms in total. The quantitative estimate of drug-likeness (QED) is 0.573. The molecule has 0 aromatic heterocycles. The predicted molar refractivity (Wildman–Crippen MR) is 110 cm³/mol. The zero-order valence-corrected chi connectivity index (χ0v) is 17.3. The number of nitrogens with zero attached hydrogens (tertiary/aromatic N) is 2. The number of rotatable bonds is 6. The van der Waals surface area contributed by atoms with E-state index in [0.717, 1.165) is 12.8 Å². The normalized spacial score (nSPS) is 21.2. The minimum absolute atomic E-state index is 0.126. The lowest BCUT2D eigenvalue weighted by atomic mass is 9.77. The van der Waals surface area contributed by atoms with Gasteiger partial charge in [-0.3, -0.25) is 0 Å². The topological polar surface area (TPSA) is 41.9 Å². The molecule has 1 heterocycles. The highest BCUT2D eigenvalue weighted by molar-refractivity contribution is 6.30. The maximum absolute atomic E-state index is 14.8. The SMILES string of the molecule is CCCCC1C(c2ccc(F)cc2)=NN(c2ccc(Cl)cc2F)C1(C)C(=O)OC. The van der Waals surface area contributed by atoms with Crippen molar-refractivity contribution in [1.82, 2.24) is 0 Å². The maximum atomic E-state index is 14.8. The number of hydrogen-bond acceptors (Lipinski definition) is 4. The molecule has 7 heteroatoms. The number of hydrazone groups is 1. The molecule has 0 amide bonds. The Labute approximate surface area is 174 Å². The molecule has 0 fully saturated rings. The zero-order valence-electron chi connectivity index (χ0n) is 16.6. The molecule has 1 aliphatic heterocycles. The third kappa shape index (κ3) is 3.86. The molecule has 0 aliphatic carbocycles. The second kappa shape index (κ2) is 8.49. The predicted octanol–water partition coefficient (Wildman–Crippen LogP) is 5.58. The Morgan fingerprint density at radius 3 is 2.52 bits per heavy atom.